The maximum atomic E-state index is 13.4. The highest BCUT2D eigenvalue weighted by atomic mass is 32.2. The van der Waals surface area contributed by atoms with Crippen LogP contribution in [0.2, 0.25) is 0 Å². The molecular formula is C23H25FN4O2S. The monoisotopic (exact) mass is 440 g/mol. The Morgan fingerprint density at radius 1 is 1.23 bits per heavy atom. The number of carbonyl (C=O) groups excluding carboxylic acids is 1. The van der Waals surface area contributed by atoms with Gasteiger partial charge in [0.2, 0.25) is 5.91 Å². The van der Waals surface area contributed by atoms with Gasteiger partial charge in [-0.2, -0.15) is 0 Å². The number of anilines is 1. The number of aryl methyl sites for hydroxylation is 1. The topological polar surface area (TPSA) is 69.0 Å². The van der Waals surface area contributed by atoms with Crippen LogP contribution in [0.5, 0.6) is 0 Å². The van der Waals surface area contributed by atoms with Crippen molar-refractivity contribution < 1.29 is 13.9 Å². The van der Waals surface area contributed by atoms with E-state index in [-0.39, 0.29) is 23.6 Å². The van der Waals surface area contributed by atoms with Crippen LogP contribution < -0.4 is 5.32 Å². The van der Waals surface area contributed by atoms with Crippen molar-refractivity contribution in [2.45, 2.75) is 44.5 Å². The molecule has 1 aliphatic heterocycles. The van der Waals surface area contributed by atoms with Gasteiger partial charge in [0.05, 0.1) is 18.4 Å². The lowest BCUT2D eigenvalue weighted by Crippen LogP contribution is -2.18. The molecule has 1 amide bonds. The first-order valence-corrected chi connectivity index (χ1v) is 11.3. The van der Waals surface area contributed by atoms with Crippen LogP contribution in [0.1, 0.15) is 24.0 Å². The maximum Gasteiger partial charge on any atom is 0.234 e. The summed E-state index contributed by atoms with van der Waals surface area (Å²) >= 11 is 1.33. The number of thioether (sulfide) groups is 1. The Labute approximate surface area is 185 Å². The second-order valence-corrected chi connectivity index (χ2v) is 8.59. The summed E-state index contributed by atoms with van der Waals surface area (Å²) in [6, 6.07) is 12.0. The molecule has 0 bridgehead atoms. The summed E-state index contributed by atoms with van der Waals surface area (Å²) in [6.07, 6.45) is 2.08. The molecule has 0 spiro atoms. The number of carbonyl (C=O) groups is 1. The molecule has 0 radical (unpaired) electrons. The lowest BCUT2D eigenvalue weighted by atomic mass is 10.1. The van der Waals surface area contributed by atoms with Crippen molar-refractivity contribution in [1.82, 2.24) is 14.8 Å². The highest BCUT2D eigenvalue weighted by Gasteiger charge is 2.22. The van der Waals surface area contributed by atoms with Crippen LogP contribution in [-0.2, 0) is 16.1 Å². The van der Waals surface area contributed by atoms with Crippen LogP contribution in [0.25, 0.3) is 11.4 Å². The van der Waals surface area contributed by atoms with Gasteiger partial charge in [-0.15, -0.1) is 10.2 Å². The Bertz CT molecular complexity index is 1060. The number of nitrogens with one attached hydrogen (secondary N) is 1. The number of rotatable bonds is 7. The minimum absolute atomic E-state index is 0.0818. The van der Waals surface area contributed by atoms with E-state index >= 15 is 0 Å². The summed E-state index contributed by atoms with van der Waals surface area (Å²) in [7, 11) is 0. The van der Waals surface area contributed by atoms with Gasteiger partial charge in [0.25, 0.3) is 0 Å². The number of hydrogen-bond acceptors (Lipinski definition) is 5. The fourth-order valence-electron chi connectivity index (χ4n) is 3.57. The molecule has 1 N–H and O–H groups in total. The van der Waals surface area contributed by atoms with E-state index in [1.54, 1.807) is 12.1 Å². The average molecular weight is 441 g/mol. The van der Waals surface area contributed by atoms with Gasteiger partial charge >= 0.3 is 0 Å². The van der Waals surface area contributed by atoms with Crippen LogP contribution in [0.3, 0.4) is 0 Å². The van der Waals surface area contributed by atoms with E-state index in [0.29, 0.717) is 17.5 Å². The molecule has 1 saturated heterocycles. The summed E-state index contributed by atoms with van der Waals surface area (Å²) in [5.74, 6) is 0.453. The summed E-state index contributed by atoms with van der Waals surface area (Å²) in [4.78, 5) is 12.6. The predicted molar refractivity (Wildman–Crippen MR) is 120 cm³/mol. The number of benzene rings is 2. The molecule has 1 fully saturated rings. The number of halogens is 1. The molecule has 0 aliphatic carbocycles. The molecule has 1 unspecified atom stereocenters. The van der Waals surface area contributed by atoms with Gasteiger partial charge in [-0.25, -0.2) is 4.39 Å². The van der Waals surface area contributed by atoms with Crippen LogP contribution in [0.15, 0.2) is 47.6 Å². The molecule has 6 nitrogen and oxygen atoms in total. The molecule has 162 valence electrons. The number of amides is 1. The normalized spacial score (nSPS) is 15.9. The van der Waals surface area contributed by atoms with Crippen molar-refractivity contribution in [3.63, 3.8) is 0 Å². The molecule has 4 rings (SSSR count). The number of nitrogens with zero attached hydrogens (tertiary/aromatic N) is 3. The highest BCUT2D eigenvalue weighted by Crippen LogP contribution is 2.27. The quantitative estimate of drug-likeness (QED) is 0.544. The molecule has 31 heavy (non-hydrogen) atoms. The predicted octanol–water partition coefficient (Wildman–Crippen LogP) is 4.61. The Morgan fingerprint density at radius 2 is 2.03 bits per heavy atom. The Hall–Kier alpha value is -2.71. The Morgan fingerprint density at radius 3 is 2.77 bits per heavy atom. The van der Waals surface area contributed by atoms with Crippen LogP contribution >= 0.6 is 11.8 Å². The molecular weight excluding hydrogens is 415 g/mol. The van der Waals surface area contributed by atoms with Crippen molar-refractivity contribution in [3.05, 3.63) is 59.4 Å². The first-order valence-electron chi connectivity index (χ1n) is 10.3. The second-order valence-electron chi connectivity index (χ2n) is 7.64. The molecule has 1 aromatic heterocycles. The van der Waals surface area contributed by atoms with Crippen molar-refractivity contribution >= 4 is 23.4 Å². The van der Waals surface area contributed by atoms with Gasteiger partial charge in [-0.3, -0.25) is 9.36 Å². The number of ether oxygens (including phenoxy) is 1. The van der Waals surface area contributed by atoms with Crippen molar-refractivity contribution in [2.75, 3.05) is 17.7 Å². The van der Waals surface area contributed by atoms with E-state index < -0.39 is 0 Å². The van der Waals surface area contributed by atoms with E-state index in [1.807, 2.05) is 36.6 Å². The first kappa shape index (κ1) is 21.5. The smallest absolute Gasteiger partial charge is 0.234 e. The van der Waals surface area contributed by atoms with E-state index in [4.69, 9.17) is 4.74 Å². The Balaban J connectivity index is 1.51. The zero-order valence-electron chi connectivity index (χ0n) is 17.6. The van der Waals surface area contributed by atoms with Gasteiger partial charge < -0.3 is 10.1 Å². The molecule has 0 saturated carbocycles. The largest absolute Gasteiger partial charge is 0.376 e. The molecule has 1 aliphatic rings. The van der Waals surface area contributed by atoms with E-state index in [1.165, 1.54) is 23.9 Å². The fourth-order valence-corrected chi connectivity index (χ4v) is 4.32. The van der Waals surface area contributed by atoms with E-state index in [9.17, 15) is 9.18 Å². The van der Waals surface area contributed by atoms with Gasteiger partial charge in [-0.1, -0.05) is 23.9 Å². The maximum absolute atomic E-state index is 13.4. The van der Waals surface area contributed by atoms with Crippen LogP contribution in [-0.4, -0.2) is 39.1 Å². The van der Waals surface area contributed by atoms with Gasteiger partial charge in [-0.05, 0) is 68.1 Å². The molecule has 8 heteroatoms. The fraction of sp³-hybridized carbons (Fsp3) is 0.348. The van der Waals surface area contributed by atoms with Crippen molar-refractivity contribution in [1.29, 1.82) is 0 Å². The lowest BCUT2D eigenvalue weighted by Gasteiger charge is -2.15. The molecule has 3 aromatic rings. The highest BCUT2D eigenvalue weighted by molar-refractivity contribution is 7.99. The molecule has 1 atom stereocenters. The lowest BCUT2D eigenvalue weighted by molar-refractivity contribution is -0.113. The van der Waals surface area contributed by atoms with E-state index in [0.717, 1.165) is 41.8 Å². The summed E-state index contributed by atoms with van der Waals surface area (Å²) in [5, 5.41) is 12.3. The van der Waals surface area contributed by atoms with Crippen LogP contribution in [0, 0.1) is 19.7 Å². The van der Waals surface area contributed by atoms with Gasteiger partial charge in [0.15, 0.2) is 11.0 Å². The standard InChI is InChI=1S/C23H25FN4O2S/c1-15-5-3-7-20(16(15)2)25-21(29)14-31-23-27-26-22(17-8-10-18(24)11-9-17)28(23)13-19-6-4-12-30-19/h3,5,7-11,19H,4,6,12-14H2,1-2H3,(H,25,29). The average Bonchev–Trinajstić information content (AvgIpc) is 3.41. The number of aromatic nitrogens is 3. The SMILES string of the molecule is Cc1cccc(NC(=O)CSc2nnc(-c3ccc(F)cc3)n2CC2CCCO2)c1C. The van der Waals surface area contributed by atoms with Gasteiger partial charge in [0, 0.05) is 17.9 Å². The molecule has 2 aromatic carbocycles. The van der Waals surface area contributed by atoms with E-state index in [2.05, 4.69) is 15.5 Å². The third-order valence-corrected chi connectivity index (χ3v) is 6.41. The van der Waals surface area contributed by atoms with Crippen LogP contribution in [0.4, 0.5) is 10.1 Å². The summed E-state index contributed by atoms with van der Waals surface area (Å²) in [5.41, 5.74) is 3.78. The summed E-state index contributed by atoms with van der Waals surface area (Å²) < 4.78 is 21.1. The van der Waals surface area contributed by atoms with Crippen molar-refractivity contribution in [2.24, 2.45) is 0 Å². The third kappa shape index (κ3) is 5.14. The summed E-state index contributed by atoms with van der Waals surface area (Å²) in [6.45, 7) is 5.36. The minimum Gasteiger partial charge on any atom is -0.376 e. The Kier molecular flexibility index (Phi) is 6.67. The second kappa shape index (κ2) is 9.62. The number of hydrogen-bond donors (Lipinski definition) is 1. The minimum atomic E-state index is -0.299. The van der Waals surface area contributed by atoms with Crippen molar-refractivity contribution in [3.8, 4) is 11.4 Å². The van der Waals surface area contributed by atoms with Gasteiger partial charge in [0.1, 0.15) is 5.82 Å². The first-order chi connectivity index (χ1) is 15.0. The third-order valence-electron chi connectivity index (χ3n) is 5.44. The zero-order chi connectivity index (χ0) is 21.8. The molecule has 2 heterocycles. The zero-order valence-corrected chi connectivity index (χ0v) is 18.4.